The van der Waals surface area contributed by atoms with E-state index in [1.54, 1.807) is 0 Å². The molecule has 0 N–H and O–H groups in total. The molecule has 0 amide bonds. The Morgan fingerprint density at radius 2 is 2.00 bits per heavy atom. The molecule has 0 aromatic carbocycles. The van der Waals surface area contributed by atoms with E-state index in [2.05, 4.69) is 37.6 Å². The molecule has 94 valence electrons. The van der Waals surface area contributed by atoms with Gasteiger partial charge in [-0.15, -0.1) is 0 Å². The summed E-state index contributed by atoms with van der Waals surface area (Å²) in [5.74, 6) is 0.646. The first-order valence-corrected chi connectivity index (χ1v) is 6.64. The fourth-order valence-electron chi connectivity index (χ4n) is 2.31. The lowest BCUT2D eigenvalue weighted by molar-refractivity contribution is 0.198. The molecule has 1 aliphatic heterocycles. The van der Waals surface area contributed by atoms with Crippen LogP contribution < -0.4 is 0 Å². The zero-order valence-electron chi connectivity index (χ0n) is 11.4. The van der Waals surface area contributed by atoms with E-state index in [0.29, 0.717) is 12.0 Å². The highest BCUT2D eigenvalue weighted by Crippen LogP contribution is 2.18. The molecule has 0 saturated carbocycles. The number of fused-ring (bicyclic) bond motifs is 1. The molecular weight excluding hydrogens is 210 g/mol. The average Bonchev–Trinajstić information content (AvgIpc) is 2.27. The SMILES string of the molecule is CC(C)Cc1cnc2c(n1)CN(C(C)C)CC2. The molecule has 0 saturated heterocycles. The van der Waals surface area contributed by atoms with Crippen molar-refractivity contribution in [3.63, 3.8) is 0 Å². The highest BCUT2D eigenvalue weighted by molar-refractivity contribution is 5.17. The highest BCUT2D eigenvalue weighted by atomic mass is 15.2. The summed E-state index contributed by atoms with van der Waals surface area (Å²) in [4.78, 5) is 11.8. The fraction of sp³-hybridized carbons (Fsp3) is 0.714. The lowest BCUT2D eigenvalue weighted by Crippen LogP contribution is -2.37. The summed E-state index contributed by atoms with van der Waals surface area (Å²) in [6.45, 7) is 11.0. The predicted octanol–water partition coefficient (Wildman–Crippen LogP) is 2.44. The van der Waals surface area contributed by atoms with Gasteiger partial charge in [0, 0.05) is 31.7 Å². The van der Waals surface area contributed by atoms with E-state index in [4.69, 9.17) is 4.98 Å². The molecular formula is C14H23N3. The molecule has 0 bridgehead atoms. The Morgan fingerprint density at radius 1 is 1.24 bits per heavy atom. The molecule has 0 unspecified atom stereocenters. The van der Waals surface area contributed by atoms with Gasteiger partial charge in [0.1, 0.15) is 0 Å². The van der Waals surface area contributed by atoms with E-state index in [9.17, 15) is 0 Å². The van der Waals surface area contributed by atoms with Crippen molar-refractivity contribution in [3.8, 4) is 0 Å². The summed E-state index contributed by atoms with van der Waals surface area (Å²) in [6.07, 6.45) is 4.04. The van der Waals surface area contributed by atoms with Crippen LogP contribution in [0.1, 0.15) is 44.8 Å². The van der Waals surface area contributed by atoms with Crippen LogP contribution in [-0.2, 0) is 19.4 Å². The third kappa shape index (κ3) is 3.03. The van der Waals surface area contributed by atoms with Crippen LogP contribution in [-0.4, -0.2) is 27.5 Å². The van der Waals surface area contributed by atoms with Gasteiger partial charge in [0.05, 0.1) is 17.1 Å². The fourth-order valence-corrected chi connectivity index (χ4v) is 2.31. The Labute approximate surface area is 104 Å². The standard InChI is InChI=1S/C14H23N3/c1-10(2)7-12-8-15-13-5-6-17(11(3)4)9-14(13)16-12/h8,10-11H,5-7,9H2,1-4H3. The summed E-state index contributed by atoms with van der Waals surface area (Å²) in [5.41, 5.74) is 3.54. The van der Waals surface area contributed by atoms with Crippen molar-refractivity contribution < 1.29 is 0 Å². The van der Waals surface area contributed by atoms with Crippen LogP contribution in [0.4, 0.5) is 0 Å². The van der Waals surface area contributed by atoms with Crippen molar-refractivity contribution in [2.45, 2.75) is 53.1 Å². The first kappa shape index (κ1) is 12.5. The minimum absolute atomic E-state index is 0.596. The van der Waals surface area contributed by atoms with Crippen molar-refractivity contribution in [2.75, 3.05) is 6.54 Å². The van der Waals surface area contributed by atoms with Gasteiger partial charge in [-0.1, -0.05) is 13.8 Å². The molecule has 1 aromatic rings. The van der Waals surface area contributed by atoms with Gasteiger partial charge in [-0.3, -0.25) is 14.9 Å². The molecule has 0 spiro atoms. The second-order valence-electron chi connectivity index (χ2n) is 5.67. The quantitative estimate of drug-likeness (QED) is 0.803. The van der Waals surface area contributed by atoms with E-state index < -0.39 is 0 Å². The van der Waals surface area contributed by atoms with Gasteiger partial charge in [-0.25, -0.2) is 0 Å². The summed E-state index contributed by atoms with van der Waals surface area (Å²) in [5, 5.41) is 0. The van der Waals surface area contributed by atoms with Crippen molar-refractivity contribution >= 4 is 0 Å². The lowest BCUT2D eigenvalue weighted by atomic mass is 10.1. The minimum atomic E-state index is 0.596. The molecule has 0 atom stereocenters. The van der Waals surface area contributed by atoms with E-state index in [1.807, 2.05) is 6.20 Å². The van der Waals surface area contributed by atoms with Crippen LogP contribution in [0.25, 0.3) is 0 Å². The number of rotatable bonds is 3. The van der Waals surface area contributed by atoms with Crippen molar-refractivity contribution in [1.82, 2.24) is 14.9 Å². The van der Waals surface area contributed by atoms with Gasteiger partial charge in [-0.05, 0) is 26.2 Å². The van der Waals surface area contributed by atoms with Crippen LogP contribution >= 0.6 is 0 Å². The topological polar surface area (TPSA) is 29.0 Å². The van der Waals surface area contributed by atoms with Crippen LogP contribution in [0.5, 0.6) is 0 Å². The Balaban J connectivity index is 2.17. The molecule has 3 heteroatoms. The van der Waals surface area contributed by atoms with Crippen molar-refractivity contribution in [2.24, 2.45) is 5.92 Å². The zero-order valence-corrected chi connectivity index (χ0v) is 11.4. The number of hydrogen-bond donors (Lipinski definition) is 0. The monoisotopic (exact) mass is 233 g/mol. The van der Waals surface area contributed by atoms with Gasteiger partial charge >= 0.3 is 0 Å². The summed E-state index contributed by atoms with van der Waals surface area (Å²) >= 11 is 0. The molecule has 2 heterocycles. The third-order valence-electron chi connectivity index (χ3n) is 3.32. The first-order chi connectivity index (χ1) is 8.06. The maximum absolute atomic E-state index is 4.78. The Hall–Kier alpha value is -0.960. The molecule has 0 fully saturated rings. The van der Waals surface area contributed by atoms with Crippen LogP contribution in [0.15, 0.2) is 6.20 Å². The van der Waals surface area contributed by atoms with Gasteiger partial charge in [0.15, 0.2) is 0 Å². The maximum Gasteiger partial charge on any atom is 0.0762 e. The molecule has 17 heavy (non-hydrogen) atoms. The van der Waals surface area contributed by atoms with E-state index in [0.717, 1.165) is 31.6 Å². The minimum Gasteiger partial charge on any atom is -0.295 e. The number of aromatic nitrogens is 2. The molecule has 3 nitrogen and oxygen atoms in total. The van der Waals surface area contributed by atoms with E-state index >= 15 is 0 Å². The lowest BCUT2D eigenvalue weighted by Gasteiger charge is -2.30. The largest absolute Gasteiger partial charge is 0.295 e. The van der Waals surface area contributed by atoms with Crippen molar-refractivity contribution in [3.05, 3.63) is 23.3 Å². The highest BCUT2D eigenvalue weighted by Gasteiger charge is 2.20. The molecule has 1 aliphatic rings. The van der Waals surface area contributed by atoms with Crippen LogP contribution in [0.3, 0.4) is 0 Å². The van der Waals surface area contributed by atoms with Gasteiger partial charge in [0.25, 0.3) is 0 Å². The molecule has 0 radical (unpaired) electrons. The Kier molecular flexibility index (Phi) is 3.77. The number of hydrogen-bond acceptors (Lipinski definition) is 3. The molecule has 2 rings (SSSR count). The summed E-state index contributed by atoms with van der Waals surface area (Å²) < 4.78 is 0. The Bertz CT molecular complexity index is 385. The van der Waals surface area contributed by atoms with Crippen molar-refractivity contribution in [1.29, 1.82) is 0 Å². The molecule has 1 aromatic heterocycles. The van der Waals surface area contributed by atoms with Crippen LogP contribution in [0.2, 0.25) is 0 Å². The summed E-state index contributed by atoms with van der Waals surface area (Å²) in [6, 6.07) is 0.596. The predicted molar refractivity (Wildman–Crippen MR) is 69.8 cm³/mol. The Morgan fingerprint density at radius 3 is 2.65 bits per heavy atom. The second kappa shape index (κ2) is 5.13. The van der Waals surface area contributed by atoms with Crippen LogP contribution in [0, 0.1) is 5.92 Å². The first-order valence-electron chi connectivity index (χ1n) is 6.64. The van der Waals surface area contributed by atoms with E-state index in [1.165, 1.54) is 11.4 Å². The van der Waals surface area contributed by atoms with Gasteiger partial charge < -0.3 is 0 Å². The normalized spacial score (nSPS) is 16.6. The van der Waals surface area contributed by atoms with Gasteiger partial charge in [-0.2, -0.15) is 0 Å². The zero-order chi connectivity index (χ0) is 12.4. The second-order valence-corrected chi connectivity index (χ2v) is 5.67. The van der Waals surface area contributed by atoms with Gasteiger partial charge in [0.2, 0.25) is 0 Å². The molecule has 0 aliphatic carbocycles. The maximum atomic E-state index is 4.78. The average molecular weight is 233 g/mol. The summed E-state index contributed by atoms with van der Waals surface area (Å²) in [7, 11) is 0. The van der Waals surface area contributed by atoms with E-state index in [-0.39, 0.29) is 0 Å². The third-order valence-corrected chi connectivity index (χ3v) is 3.32. The number of nitrogens with zero attached hydrogens (tertiary/aromatic N) is 3. The smallest absolute Gasteiger partial charge is 0.0762 e.